The predicted octanol–water partition coefficient (Wildman–Crippen LogP) is 1.46. The minimum Gasteiger partial charge on any atom is -0.394 e. The summed E-state index contributed by atoms with van der Waals surface area (Å²) in [6.45, 7) is 1.29. The normalized spacial score (nSPS) is 12.9. The van der Waals surface area contributed by atoms with Crippen LogP contribution in [0, 0.1) is 6.92 Å². The van der Waals surface area contributed by atoms with E-state index in [0.29, 0.717) is 5.56 Å². The molecule has 1 unspecified atom stereocenters. The first-order valence-corrected chi connectivity index (χ1v) is 4.21. The average Bonchev–Trinajstić information content (AvgIpc) is 2.17. The number of benzene rings is 1. The van der Waals surface area contributed by atoms with Crippen molar-refractivity contribution in [3.8, 4) is 0 Å². The molecule has 72 valence electrons. The molecule has 1 aromatic rings. The third-order valence-corrected chi connectivity index (χ3v) is 2.09. The number of halogens is 1. The third kappa shape index (κ3) is 2.26. The summed E-state index contributed by atoms with van der Waals surface area (Å²) in [4.78, 5) is 0. The van der Waals surface area contributed by atoms with E-state index in [2.05, 4.69) is 0 Å². The van der Waals surface area contributed by atoms with Crippen LogP contribution in [-0.2, 0) is 6.67 Å². The van der Waals surface area contributed by atoms with Crippen LogP contribution in [0.4, 0.5) is 4.39 Å². The summed E-state index contributed by atoms with van der Waals surface area (Å²) in [5.74, 6) is 0. The van der Waals surface area contributed by atoms with Crippen LogP contribution in [0.25, 0.3) is 0 Å². The highest BCUT2D eigenvalue weighted by atomic mass is 19.1. The Balaban J connectivity index is 3.03. The van der Waals surface area contributed by atoms with E-state index < -0.39 is 12.7 Å². The zero-order chi connectivity index (χ0) is 9.84. The largest absolute Gasteiger partial charge is 0.394 e. The minimum absolute atomic E-state index is 0.115. The molecule has 0 bridgehead atoms. The summed E-state index contributed by atoms with van der Waals surface area (Å²) in [6.07, 6.45) is 0. The van der Waals surface area contributed by atoms with Crippen molar-refractivity contribution in [1.29, 1.82) is 0 Å². The zero-order valence-corrected chi connectivity index (χ0v) is 7.63. The number of alkyl halides is 1. The maximum absolute atomic E-state index is 12.3. The number of aryl methyl sites for hydroxylation is 1. The molecule has 3 heteroatoms. The molecule has 0 radical (unpaired) electrons. The van der Waals surface area contributed by atoms with Crippen LogP contribution >= 0.6 is 0 Å². The molecule has 3 N–H and O–H groups in total. The van der Waals surface area contributed by atoms with Gasteiger partial charge in [-0.1, -0.05) is 18.2 Å². The van der Waals surface area contributed by atoms with Gasteiger partial charge in [-0.25, -0.2) is 4.39 Å². The molecular formula is C10H14FNO. The fourth-order valence-electron chi connectivity index (χ4n) is 1.27. The van der Waals surface area contributed by atoms with Gasteiger partial charge in [0.2, 0.25) is 0 Å². The van der Waals surface area contributed by atoms with E-state index in [9.17, 15) is 4.39 Å². The SMILES string of the molecule is Cc1ccc(CF)cc1C(N)CO. The van der Waals surface area contributed by atoms with Crippen LogP contribution in [-0.4, -0.2) is 11.7 Å². The topological polar surface area (TPSA) is 46.2 Å². The Morgan fingerprint density at radius 1 is 1.54 bits per heavy atom. The molecule has 0 heterocycles. The zero-order valence-electron chi connectivity index (χ0n) is 7.63. The van der Waals surface area contributed by atoms with E-state index in [1.54, 1.807) is 12.1 Å². The summed E-state index contributed by atoms with van der Waals surface area (Å²) in [5, 5.41) is 8.86. The van der Waals surface area contributed by atoms with E-state index in [1.807, 2.05) is 13.0 Å². The van der Waals surface area contributed by atoms with Crippen molar-refractivity contribution in [2.24, 2.45) is 5.73 Å². The Kier molecular flexibility index (Phi) is 3.39. The molecule has 0 aliphatic heterocycles. The molecule has 0 aliphatic rings. The molecule has 2 nitrogen and oxygen atoms in total. The highest BCUT2D eigenvalue weighted by Gasteiger charge is 2.08. The Hall–Kier alpha value is -0.930. The average molecular weight is 183 g/mol. The quantitative estimate of drug-likeness (QED) is 0.745. The molecule has 0 aromatic heterocycles. The molecule has 0 amide bonds. The first-order chi connectivity index (χ1) is 6.19. The van der Waals surface area contributed by atoms with Gasteiger partial charge in [0.25, 0.3) is 0 Å². The van der Waals surface area contributed by atoms with Crippen molar-refractivity contribution in [3.63, 3.8) is 0 Å². The number of aliphatic hydroxyl groups excluding tert-OH is 1. The van der Waals surface area contributed by atoms with Crippen LogP contribution in [0.5, 0.6) is 0 Å². The van der Waals surface area contributed by atoms with Crippen molar-refractivity contribution < 1.29 is 9.50 Å². The van der Waals surface area contributed by atoms with Crippen molar-refractivity contribution in [1.82, 2.24) is 0 Å². The van der Waals surface area contributed by atoms with Crippen molar-refractivity contribution >= 4 is 0 Å². The van der Waals surface area contributed by atoms with Crippen LogP contribution in [0.15, 0.2) is 18.2 Å². The molecule has 0 aliphatic carbocycles. The Morgan fingerprint density at radius 2 is 2.23 bits per heavy atom. The number of aliphatic hydroxyl groups is 1. The van der Waals surface area contributed by atoms with Gasteiger partial charge in [-0.3, -0.25) is 0 Å². The number of hydrogen-bond acceptors (Lipinski definition) is 2. The number of nitrogens with two attached hydrogens (primary N) is 1. The molecule has 1 rings (SSSR count). The second-order valence-corrected chi connectivity index (χ2v) is 3.11. The van der Waals surface area contributed by atoms with Crippen molar-refractivity contribution in [3.05, 3.63) is 34.9 Å². The van der Waals surface area contributed by atoms with Crippen LogP contribution in [0.2, 0.25) is 0 Å². The number of hydrogen-bond donors (Lipinski definition) is 2. The molecule has 1 atom stereocenters. The van der Waals surface area contributed by atoms with E-state index >= 15 is 0 Å². The lowest BCUT2D eigenvalue weighted by Crippen LogP contribution is -2.15. The summed E-state index contributed by atoms with van der Waals surface area (Å²) >= 11 is 0. The first kappa shape index (κ1) is 10.2. The predicted molar refractivity (Wildman–Crippen MR) is 50.0 cm³/mol. The van der Waals surface area contributed by atoms with Gasteiger partial charge in [0, 0.05) is 0 Å². The molecule has 1 aromatic carbocycles. The van der Waals surface area contributed by atoms with Gasteiger partial charge in [-0.05, 0) is 23.6 Å². The van der Waals surface area contributed by atoms with E-state index in [-0.39, 0.29) is 6.61 Å². The van der Waals surface area contributed by atoms with Crippen LogP contribution < -0.4 is 5.73 Å². The molecular weight excluding hydrogens is 169 g/mol. The lowest BCUT2D eigenvalue weighted by Gasteiger charge is -2.12. The molecule has 0 spiro atoms. The van der Waals surface area contributed by atoms with Gasteiger partial charge in [0.05, 0.1) is 12.6 Å². The van der Waals surface area contributed by atoms with Crippen molar-refractivity contribution in [2.45, 2.75) is 19.6 Å². The van der Waals surface area contributed by atoms with Gasteiger partial charge in [-0.2, -0.15) is 0 Å². The van der Waals surface area contributed by atoms with E-state index in [0.717, 1.165) is 11.1 Å². The van der Waals surface area contributed by atoms with Gasteiger partial charge in [0.1, 0.15) is 6.67 Å². The molecule has 0 saturated heterocycles. The fraction of sp³-hybridized carbons (Fsp3) is 0.400. The smallest absolute Gasteiger partial charge is 0.115 e. The minimum atomic E-state index is -0.495. The van der Waals surface area contributed by atoms with Gasteiger partial charge >= 0.3 is 0 Å². The summed E-state index contributed by atoms with van der Waals surface area (Å²) < 4.78 is 12.3. The van der Waals surface area contributed by atoms with Gasteiger partial charge < -0.3 is 10.8 Å². The van der Waals surface area contributed by atoms with Crippen LogP contribution in [0.1, 0.15) is 22.7 Å². The Labute approximate surface area is 77.2 Å². The number of rotatable bonds is 3. The lowest BCUT2D eigenvalue weighted by atomic mass is 10.00. The third-order valence-electron chi connectivity index (χ3n) is 2.09. The van der Waals surface area contributed by atoms with Crippen LogP contribution in [0.3, 0.4) is 0 Å². The second-order valence-electron chi connectivity index (χ2n) is 3.11. The maximum Gasteiger partial charge on any atom is 0.115 e. The molecule has 13 heavy (non-hydrogen) atoms. The van der Waals surface area contributed by atoms with E-state index in [4.69, 9.17) is 10.8 Å². The highest BCUT2D eigenvalue weighted by Crippen LogP contribution is 2.17. The summed E-state index contributed by atoms with van der Waals surface area (Å²) in [7, 11) is 0. The summed E-state index contributed by atoms with van der Waals surface area (Å²) in [5.41, 5.74) is 8.05. The highest BCUT2D eigenvalue weighted by molar-refractivity contribution is 5.33. The Morgan fingerprint density at radius 3 is 2.77 bits per heavy atom. The molecule has 0 fully saturated rings. The maximum atomic E-state index is 12.3. The van der Waals surface area contributed by atoms with Gasteiger partial charge in [-0.15, -0.1) is 0 Å². The van der Waals surface area contributed by atoms with E-state index in [1.165, 1.54) is 0 Å². The second kappa shape index (κ2) is 4.35. The van der Waals surface area contributed by atoms with Gasteiger partial charge in [0.15, 0.2) is 0 Å². The monoisotopic (exact) mass is 183 g/mol. The first-order valence-electron chi connectivity index (χ1n) is 4.21. The van der Waals surface area contributed by atoms with Crippen molar-refractivity contribution in [2.75, 3.05) is 6.61 Å². The fourth-order valence-corrected chi connectivity index (χ4v) is 1.27. The summed E-state index contributed by atoms with van der Waals surface area (Å²) in [6, 6.07) is 4.84. The molecule has 0 saturated carbocycles. The standard InChI is InChI=1S/C10H14FNO/c1-7-2-3-8(5-11)4-9(7)10(12)6-13/h2-4,10,13H,5-6,12H2,1H3. The lowest BCUT2D eigenvalue weighted by molar-refractivity contribution is 0.267. The Bertz CT molecular complexity index is 288.